The van der Waals surface area contributed by atoms with Crippen molar-refractivity contribution in [1.29, 1.82) is 0 Å². The lowest BCUT2D eigenvalue weighted by atomic mass is 10.1. The number of carboxylic acid groups (broad SMARTS) is 1. The van der Waals surface area contributed by atoms with E-state index in [9.17, 15) is 9.90 Å². The fraction of sp³-hybridized carbons (Fsp3) is 0.952. The maximum Gasteiger partial charge on any atom is 0.134 e. The first-order valence-electron chi connectivity index (χ1n) is 10.9. The number of amides is 1. The second-order valence-corrected chi connectivity index (χ2v) is 7.02. The van der Waals surface area contributed by atoms with Crippen molar-refractivity contribution < 1.29 is 15.6 Å². The van der Waals surface area contributed by atoms with Crippen molar-refractivity contribution in [3.05, 3.63) is 0 Å². The van der Waals surface area contributed by atoms with Crippen LogP contribution in [0.15, 0.2) is 0 Å². The van der Waals surface area contributed by atoms with E-state index in [4.69, 9.17) is 0 Å². The maximum absolute atomic E-state index is 9.98. The highest BCUT2D eigenvalue weighted by molar-refractivity contribution is 5.61. The summed E-state index contributed by atoms with van der Waals surface area (Å²) in [6.07, 6.45) is 20.0. The molecule has 0 bridgehead atoms. The van der Waals surface area contributed by atoms with Crippen LogP contribution in [0.3, 0.4) is 0 Å². The van der Waals surface area contributed by atoms with Crippen LogP contribution in [0.5, 0.6) is 0 Å². The lowest BCUT2D eigenvalue weighted by molar-refractivity contribution is -0.368. The average molecular weight is 359 g/mol. The third-order valence-corrected chi connectivity index (χ3v) is 4.40. The zero-order valence-corrected chi connectivity index (χ0v) is 17.3. The monoisotopic (exact) mass is 358 g/mol. The van der Waals surface area contributed by atoms with E-state index in [1.165, 1.54) is 89.9 Å². The fourth-order valence-corrected chi connectivity index (χ4v) is 2.76. The van der Waals surface area contributed by atoms with Crippen molar-refractivity contribution in [2.75, 3.05) is 13.1 Å². The topological polar surface area (TPSA) is 79.8 Å². The van der Waals surface area contributed by atoms with Gasteiger partial charge in [-0.2, -0.15) is 0 Å². The Morgan fingerprint density at radius 1 is 0.680 bits per heavy atom. The molecule has 0 spiro atoms. The van der Waals surface area contributed by atoms with E-state index in [-0.39, 0.29) is 0 Å². The van der Waals surface area contributed by atoms with Gasteiger partial charge in [0.25, 0.3) is 0 Å². The first-order chi connectivity index (χ1) is 12.2. The van der Waals surface area contributed by atoms with E-state index in [2.05, 4.69) is 24.9 Å². The molecule has 0 saturated carbocycles. The minimum atomic E-state index is -1.16. The fourth-order valence-electron chi connectivity index (χ4n) is 2.76. The van der Waals surface area contributed by atoms with E-state index in [1.54, 1.807) is 0 Å². The molecule has 1 amide bonds. The molecule has 4 N–H and O–H groups in total. The number of carbonyl (C=O) groups excluding carboxylic acids is 1. The molecule has 0 unspecified atom stereocenters. The van der Waals surface area contributed by atoms with Crippen LogP contribution in [-0.4, -0.2) is 19.2 Å². The van der Waals surface area contributed by atoms with E-state index in [0.29, 0.717) is 6.54 Å². The van der Waals surface area contributed by atoms with Crippen LogP contribution in [0.2, 0.25) is 0 Å². The molecule has 0 atom stereocenters. The molecule has 152 valence electrons. The molecule has 0 rings (SSSR count). The van der Waals surface area contributed by atoms with Gasteiger partial charge in [-0.15, -0.1) is 0 Å². The number of carbonyl (C=O) groups is 1. The summed E-state index contributed by atoms with van der Waals surface area (Å²) in [7, 11) is 0. The zero-order valence-electron chi connectivity index (χ0n) is 17.3. The highest BCUT2D eigenvalue weighted by atomic mass is 16.4. The van der Waals surface area contributed by atoms with Crippen molar-refractivity contribution in [3.63, 3.8) is 0 Å². The van der Waals surface area contributed by atoms with Crippen LogP contribution >= 0.6 is 0 Å². The van der Waals surface area contributed by atoms with Gasteiger partial charge in [-0.1, -0.05) is 97.3 Å². The van der Waals surface area contributed by atoms with Gasteiger partial charge in [0, 0.05) is 6.54 Å². The predicted octanol–water partition coefficient (Wildman–Crippen LogP) is 4.43. The Balaban J connectivity index is 0. The van der Waals surface area contributed by atoms with E-state index < -0.39 is 6.09 Å². The Hall–Kier alpha value is -0.770. The number of rotatable bonds is 17. The van der Waals surface area contributed by atoms with Gasteiger partial charge >= 0.3 is 0 Å². The Labute approximate surface area is 157 Å². The molecule has 0 saturated heterocycles. The highest BCUT2D eigenvalue weighted by Crippen LogP contribution is 2.08. The largest absolute Gasteiger partial charge is 0.530 e. The minimum absolute atomic E-state index is 0.539. The van der Waals surface area contributed by atoms with Crippen LogP contribution in [0.25, 0.3) is 0 Å². The number of nitrogens with one attached hydrogen (secondary N) is 1. The van der Waals surface area contributed by atoms with Gasteiger partial charge in [-0.05, 0) is 19.3 Å². The minimum Gasteiger partial charge on any atom is -0.530 e. The molecule has 0 aliphatic carbocycles. The Kier molecular flexibility index (Phi) is 27.0. The molecule has 4 nitrogen and oxygen atoms in total. The number of unbranched alkanes of at least 4 members (excludes halogenated alkanes) is 14. The van der Waals surface area contributed by atoms with Crippen molar-refractivity contribution in [1.82, 2.24) is 5.32 Å². The second kappa shape index (κ2) is 25.5. The summed E-state index contributed by atoms with van der Waals surface area (Å²) in [4.78, 5) is 9.98. The van der Waals surface area contributed by atoms with E-state index >= 15 is 0 Å². The Morgan fingerprint density at radius 2 is 1.04 bits per heavy atom. The lowest BCUT2D eigenvalue weighted by Crippen LogP contribution is -2.50. The van der Waals surface area contributed by atoms with Crippen LogP contribution in [0.4, 0.5) is 4.79 Å². The molecular formula is C21H46N2O2. The van der Waals surface area contributed by atoms with Gasteiger partial charge < -0.3 is 21.0 Å². The van der Waals surface area contributed by atoms with Gasteiger partial charge in [0.2, 0.25) is 0 Å². The summed E-state index contributed by atoms with van der Waals surface area (Å²) in [5.41, 5.74) is 3.83. The number of hydrogen-bond donors (Lipinski definition) is 2. The van der Waals surface area contributed by atoms with Gasteiger partial charge in [0.15, 0.2) is 0 Å². The standard InChI is InChI=1S/C11H23NO2.C10H23N/c1-2-3-4-5-6-7-8-9-10-12-11(13)14;1-2-3-4-5-6-7-8-9-10-11/h12H,2-10H2,1H3,(H,13,14);2-11H2,1H3. The van der Waals surface area contributed by atoms with E-state index in [1.807, 2.05) is 0 Å². The first-order valence-corrected chi connectivity index (χ1v) is 10.9. The van der Waals surface area contributed by atoms with Crippen LogP contribution < -0.4 is 16.2 Å². The summed E-state index contributed by atoms with van der Waals surface area (Å²) >= 11 is 0. The Morgan fingerprint density at radius 3 is 1.40 bits per heavy atom. The molecule has 0 fully saturated rings. The molecule has 0 aromatic rings. The van der Waals surface area contributed by atoms with Gasteiger partial charge in [0.05, 0.1) is 6.54 Å². The molecule has 0 aromatic carbocycles. The summed E-state index contributed by atoms with van der Waals surface area (Å²) < 4.78 is 0. The summed E-state index contributed by atoms with van der Waals surface area (Å²) in [6, 6.07) is 0. The smallest absolute Gasteiger partial charge is 0.134 e. The van der Waals surface area contributed by atoms with Crippen molar-refractivity contribution in [3.8, 4) is 0 Å². The summed E-state index contributed by atoms with van der Waals surface area (Å²) in [5.74, 6) is 0. The number of quaternary nitrogens is 1. The molecule has 0 aliphatic heterocycles. The summed E-state index contributed by atoms with van der Waals surface area (Å²) in [5, 5.41) is 12.2. The van der Waals surface area contributed by atoms with E-state index in [0.717, 1.165) is 19.4 Å². The van der Waals surface area contributed by atoms with Crippen LogP contribution in [-0.2, 0) is 0 Å². The average Bonchev–Trinajstić information content (AvgIpc) is 2.60. The third kappa shape index (κ3) is 31.5. The maximum atomic E-state index is 9.98. The molecular weight excluding hydrogens is 312 g/mol. The van der Waals surface area contributed by atoms with Crippen LogP contribution in [0, 0.1) is 0 Å². The molecule has 25 heavy (non-hydrogen) atoms. The molecule has 0 aliphatic rings. The predicted molar refractivity (Wildman–Crippen MR) is 106 cm³/mol. The molecule has 0 aromatic heterocycles. The second-order valence-electron chi connectivity index (χ2n) is 7.02. The van der Waals surface area contributed by atoms with Crippen molar-refractivity contribution >= 4 is 6.09 Å². The van der Waals surface area contributed by atoms with Crippen molar-refractivity contribution in [2.45, 2.75) is 117 Å². The molecule has 4 heteroatoms. The SMILES string of the molecule is CCCCCCCCCCNC(=O)[O-].CCCCCCCCCC[NH3+]. The quantitative estimate of drug-likeness (QED) is 0.377. The van der Waals surface area contributed by atoms with Gasteiger partial charge in [-0.25, -0.2) is 0 Å². The zero-order chi connectivity index (χ0) is 19.0. The lowest BCUT2D eigenvalue weighted by Gasteiger charge is -2.05. The highest BCUT2D eigenvalue weighted by Gasteiger charge is 1.91. The normalized spacial score (nSPS) is 10.2. The molecule has 0 radical (unpaired) electrons. The summed E-state index contributed by atoms with van der Waals surface area (Å²) in [6.45, 7) is 6.14. The molecule has 0 heterocycles. The Bertz CT molecular complexity index is 240. The van der Waals surface area contributed by atoms with Gasteiger partial charge in [-0.3, -0.25) is 0 Å². The van der Waals surface area contributed by atoms with Crippen LogP contribution in [0.1, 0.15) is 117 Å². The third-order valence-electron chi connectivity index (χ3n) is 4.40. The van der Waals surface area contributed by atoms with Gasteiger partial charge in [0.1, 0.15) is 6.09 Å². The number of hydrogen-bond acceptors (Lipinski definition) is 2. The van der Waals surface area contributed by atoms with Crippen molar-refractivity contribution in [2.24, 2.45) is 0 Å². The first kappa shape index (κ1) is 26.5.